The second-order valence-electron chi connectivity index (χ2n) is 2.93. The Hall–Kier alpha value is 0.240. The van der Waals surface area contributed by atoms with Crippen LogP contribution in [0.25, 0.3) is 0 Å². The van der Waals surface area contributed by atoms with E-state index in [0.29, 0.717) is 5.92 Å². The van der Waals surface area contributed by atoms with E-state index in [0.717, 1.165) is 5.02 Å². The van der Waals surface area contributed by atoms with Crippen LogP contribution in [0.3, 0.4) is 0 Å². The number of alkyl halides is 1. The van der Waals surface area contributed by atoms with E-state index in [9.17, 15) is 0 Å². The smallest absolute Gasteiger partial charge is 0.0406 e. The van der Waals surface area contributed by atoms with Crippen molar-refractivity contribution in [3.05, 3.63) is 34.9 Å². The lowest BCUT2D eigenvalue weighted by Gasteiger charge is -2.09. The summed E-state index contributed by atoms with van der Waals surface area (Å²) in [5.41, 5.74) is 1.39. The standard InChI is InChI=1S/C10H12ClI/c1-8(6-7-12)9-2-4-10(11)5-3-9/h2-5,8H,6-7H2,1H3/t8-/m0/s1. The highest BCUT2D eigenvalue weighted by atomic mass is 127. The molecule has 12 heavy (non-hydrogen) atoms. The molecule has 0 aromatic heterocycles. The lowest BCUT2D eigenvalue weighted by atomic mass is 9.99. The maximum Gasteiger partial charge on any atom is 0.0406 e. The van der Waals surface area contributed by atoms with Gasteiger partial charge in [0.15, 0.2) is 0 Å². The lowest BCUT2D eigenvalue weighted by Crippen LogP contribution is -1.93. The summed E-state index contributed by atoms with van der Waals surface area (Å²) in [6.45, 7) is 2.25. The van der Waals surface area contributed by atoms with E-state index < -0.39 is 0 Å². The zero-order chi connectivity index (χ0) is 8.97. The van der Waals surface area contributed by atoms with Crippen molar-refractivity contribution in [3.63, 3.8) is 0 Å². The molecule has 0 amide bonds. The molecule has 0 saturated heterocycles. The molecule has 1 aromatic carbocycles. The highest BCUT2D eigenvalue weighted by Gasteiger charge is 2.03. The molecule has 1 atom stereocenters. The van der Waals surface area contributed by atoms with E-state index in [4.69, 9.17) is 11.6 Å². The molecule has 0 unspecified atom stereocenters. The minimum absolute atomic E-state index is 0.652. The molecule has 0 heterocycles. The van der Waals surface area contributed by atoms with E-state index in [1.165, 1.54) is 16.4 Å². The molecule has 66 valence electrons. The zero-order valence-electron chi connectivity index (χ0n) is 7.06. The van der Waals surface area contributed by atoms with Gasteiger partial charge in [0, 0.05) is 9.45 Å². The van der Waals surface area contributed by atoms with Crippen molar-refractivity contribution in [2.45, 2.75) is 19.3 Å². The van der Waals surface area contributed by atoms with Crippen LogP contribution < -0.4 is 0 Å². The molecule has 0 nitrogen and oxygen atoms in total. The van der Waals surface area contributed by atoms with Gasteiger partial charge < -0.3 is 0 Å². The van der Waals surface area contributed by atoms with Crippen LogP contribution in [0.4, 0.5) is 0 Å². The number of benzene rings is 1. The normalized spacial score (nSPS) is 12.9. The largest absolute Gasteiger partial charge is 0.0864 e. The predicted molar refractivity (Wildman–Crippen MR) is 63.4 cm³/mol. The molecule has 0 bridgehead atoms. The third-order valence-corrected chi connectivity index (χ3v) is 2.86. The zero-order valence-corrected chi connectivity index (χ0v) is 9.97. The Bertz CT molecular complexity index is 230. The summed E-state index contributed by atoms with van der Waals surface area (Å²) >= 11 is 8.20. The number of hydrogen-bond donors (Lipinski definition) is 0. The van der Waals surface area contributed by atoms with Crippen molar-refractivity contribution in [3.8, 4) is 0 Å². The fourth-order valence-corrected chi connectivity index (χ4v) is 2.18. The second kappa shape index (κ2) is 5.07. The monoisotopic (exact) mass is 294 g/mol. The van der Waals surface area contributed by atoms with Crippen molar-refractivity contribution in [2.24, 2.45) is 0 Å². The van der Waals surface area contributed by atoms with Gasteiger partial charge in [-0.2, -0.15) is 0 Å². The van der Waals surface area contributed by atoms with Crippen LogP contribution >= 0.6 is 34.2 Å². The topological polar surface area (TPSA) is 0 Å². The van der Waals surface area contributed by atoms with Crippen molar-refractivity contribution in [1.29, 1.82) is 0 Å². The molecular formula is C10H12ClI. The Morgan fingerprint density at radius 1 is 1.33 bits per heavy atom. The molecule has 0 aliphatic rings. The van der Waals surface area contributed by atoms with Crippen LogP contribution in [0, 0.1) is 0 Å². The first-order chi connectivity index (χ1) is 5.74. The van der Waals surface area contributed by atoms with Gasteiger partial charge in [0.05, 0.1) is 0 Å². The van der Waals surface area contributed by atoms with Gasteiger partial charge in [-0.05, 0) is 30.0 Å². The fraction of sp³-hybridized carbons (Fsp3) is 0.400. The summed E-state index contributed by atoms with van der Waals surface area (Å²) in [4.78, 5) is 0. The predicted octanol–water partition coefficient (Wildman–Crippen LogP) is 4.27. The van der Waals surface area contributed by atoms with Gasteiger partial charge in [0.25, 0.3) is 0 Å². The van der Waals surface area contributed by atoms with Crippen LogP contribution in [0.2, 0.25) is 5.02 Å². The number of halogens is 2. The molecule has 2 heteroatoms. The summed E-state index contributed by atoms with van der Waals surface area (Å²) in [5.74, 6) is 0.652. The summed E-state index contributed by atoms with van der Waals surface area (Å²) < 4.78 is 1.21. The molecule has 0 fully saturated rings. The molecule has 0 aliphatic carbocycles. The second-order valence-corrected chi connectivity index (χ2v) is 4.45. The molecule has 0 spiro atoms. The molecule has 0 N–H and O–H groups in total. The van der Waals surface area contributed by atoms with E-state index in [1.54, 1.807) is 0 Å². The molecule has 0 radical (unpaired) electrons. The maximum atomic E-state index is 5.79. The Morgan fingerprint density at radius 3 is 2.42 bits per heavy atom. The quantitative estimate of drug-likeness (QED) is 0.577. The van der Waals surface area contributed by atoms with Crippen LogP contribution in [0.15, 0.2) is 24.3 Å². The van der Waals surface area contributed by atoms with E-state index >= 15 is 0 Å². The molecule has 1 aromatic rings. The first-order valence-electron chi connectivity index (χ1n) is 4.05. The maximum absolute atomic E-state index is 5.79. The first-order valence-corrected chi connectivity index (χ1v) is 5.96. The Labute approximate surface area is 92.5 Å². The van der Waals surface area contributed by atoms with Crippen LogP contribution in [-0.2, 0) is 0 Å². The Balaban J connectivity index is 2.68. The van der Waals surface area contributed by atoms with Crippen LogP contribution in [0.5, 0.6) is 0 Å². The van der Waals surface area contributed by atoms with Gasteiger partial charge in [-0.15, -0.1) is 0 Å². The Kier molecular flexibility index (Phi) is 4.36. The van der Waals surface area contributed by atoms with Crippen molar-refractivity contribution < 1.29 is 0 Å². The van der Waals surface area contributed by atoms with Crippen molar-refractivity contribution in [1.82, 2.24) is 0 Å². The highest BCUT2D eigenvalue weighted by Crippen LogP contribution is 2.21. The SMILES string of the molecule is C[C@@H](CCI)c1ccc(Cl)cc1. The Morgan fingerprint density at radius 2 is 1.92 bits per heavy atom. The van der Waals surface area contributed by atoms with Gasteiger partial charge in [-0.25, -0.2) is 0 Å². The first kappa shape index (κ1) is 10.3. The summed E-state index contributed by atoms with van der Waals surface area (Å²) in [7, 11) is 0. The van der Waals surface area contributed by atoms with Gasteiger partial charge in [0.1, 0.15) is 0 Å². The third kappa shape index (κ3) is 2.94. The third-order valence-electron chi connectivity index (χ3n) is 1.98. The van der Waals surface area contributed by atoms with Crippen molar-refractivity contribution in [2.75, 3.05) is 4.43 Å². The van der Waals surface area contributed by atoms with E-state index in [-0.39, 0.29) is 0 Å². The minimum Gasteiger partial charge on any atom is -0.0864 e. The molecule has 1 rings (SSSR count). The van der Waals surface area contributed by atoms with Gasteiger partial charge in [-0.1, -0.05) is 53.2 Å². The number of hydrogen-bond acceptors (Lipinski definition) is 0. The summed E-state index contributed by atoms with van der Waals surface area (Å²) in [6, 6.07) is 8.14. The average Bonchev–Trinajstić information content (AvgIpc) is 2.06. The van der Waals surface area contributed by atoms with E-state index in [2.05, 4.69) is 41.6 Å². The minimum atomic E-state index is 0.652. The van der Waals surface area contributed by atoms with Gasteiger partial charge in [0.2, 0.25) is 0 Å². The average molecular weight is 295 g/mol. The highest BCUT2D eigenvalue weighted by molar-refractivity contribution is 14.1. The lowest BCUT2D eigenvalue weighted by molar-refractivity contribution is 0.747. The van der Waals surface area contributed by atoms with Gasteiger partial charge >= 0.3 is 0 Å². The van der Waals surface area contributed by atoms with E-state index in [1.807, 2.05) is 12.1 Å². The molecule has 0 saturated carbocycles. The summed E-state index contributed by atoms with van der Waals surface area (Å²) in [5, 5.41) is 0.820. The fourth-order valence-electron chi connectivity index (χ4n) is 1.12. The van der Waals surface area contributed by atoms with Crippen LogP contribution in [0.1, 0.15) is 24.8 Å². The molecule has 0 aliphatic heterocycles. The van der Waals surface area contributed by atoms with Crippen LogP contribution in [-0.4, -0.2) is 4.43 Å². The summed E-state index contributed by atoms with van der Waals surface area (Å²) in [6.07, 6.45) is 1.24. The van der Waals surface area contributed by atoms with Crippen molar-refractivity contribution >= 4 is 34.2 Å². The molecular weight excluding hydrogens is 282 g/mol. The van der Waals surface area contributed by atoms with Gasteiger partial charge in [-0.3, -0.25) is 0 Å². The number of rotatable bonds is 3.